The molecule has 0 aliphatic rings. The van der Waals surface area contributed by atoms with Crippen LogP contribution in [0.15, 0.2) is 59.5 Å². The Balaban J connectivity index is 2.36. The summed E-state index contributed by atoms with van der Waals surface area (Å²) in [6.07, 6.45) is -0.338. The number of anilines is 1. The van der Waals surface area contributed by atoms with Gasteiger partial charge in [-0.2, -0.15) is 0 Å². The molecule has 0 aliphatic heterocycles. The molecule has 0 fully saturated rings. The third kappa shape index (κ3) is 4.60. The van der Waals surface area contributed by atoms with Gasteiger partial charge in [-0.05, 0) is 43.3 Å². The van der Waals surface area contributed by atoms with Crippen molar-refractivity contribution < 1.29 is 27.9 Å². The van der Waals surface area contributed by atoms with Crippen LogP contribution < -0.4 is 4.31 Å². The highest BCUT2D eigenvalue weighted by atomic mass is 32.2. The molecule has 0 aromatic heterocycles. The molecule has 2 aromatic carbocycles. The Hall–Kier alpha value is -2.87. The van der Waals surface area contributed by atoms with Crippen LogP contribution >= 0.6 is 0 Å². The first-order valence-corrected chi connectivity index (χ1v) is 9.37. The summed E-state index contributed by atoms with van der Waals surface area (Å²) in [6, 6.07) is 13.6. The molecule has 26 heavy (non-hydrogen) atoms. The summed E-state index contributed by atoms with van der Waals surface area (Å²) in [7, 11) is -3.99. The number of para-hydroxylation sites is 1. The van der Waals surface area contributed by atoms with Crippen molar-refractivity contribution in [3.63, 3.8) is 0 Å². The topological polar surface area (TPSA) is 101 Å². The van der Waals surface area contributed by atoms with Crippen molar-refractivity contribution in [1.82, 2.24) is 0 Å². The highest BCUT2D eigenvalue weighted by molar-refractivity contribution is 7.92. The van der Waals surface area contributed by atoms with Gasteiger partial charge in [-0.1, -0.05) is 18.2 Å². The molecule has 0 saturated carbocycles. The van der Waals surface area contributed by atoms with E-state index in [1.807, 2.05) is 0 Å². The van der Waals surface area contributed by atoms with Crippen molar-refractivity contribution in [1.29, 1.82) is 0 Å². The zero-order valence-electron chi connectivity index (χ0n) is 14.2. The smallest absolute Gasteiger partial charge is 0.338 e. The highest BCUT2D eigenvalue weighted by Crippen LogP contribution is 2.24. The number of hydrogen-bond acceptors (Lipinski definition) is 5. The maximum atomic E-state index is 13.0. The number of hydrogen-bond donors (Lipinski definition) is 1. The second kappa shape index (κ2) is 8.48. The van der Waals surface area contributed by atoms with Crippen molar-refractivity contribution in [2.24, 2.45) is 0 Å². The molecule has 7 nitrogen and oxygen atoms in total. The van der Waals surface area contributed by atoms with E-state index >= 15 is 0 Å². The van der Waals surface area contributed by atoms with Crippen molar-refractivity contribution in [3.8, 4) is 0 Å². The van der Waals surface area contributed by atoms with Gasteiger partial charge >= 0.3 is 11.9 Å². The Kier molecular flexibility index (Phi) is 6.35. The van der Waals surface area contributed by atoms with Crippen LogP contribution in [0.25, 0.3) is 0 Å². The van der Waals surface area contributed by atoms with E-state index in [-0.39, 0.29) is 30.0 Å². The maximum absolute atomic E-state index is 13.0. The molecule has 2 rings (SSSR count). The van der Waals surface area contributed by atoms with E-state index in [2.05, 4.69) is 0 Å². The monoisotopic (exact) mass is 377 g/mol. The summed E-state index contributed by atoms with van der Waals surface area (Å²) in [5, 5.41) is 8.92. The zero-order valence-corrected chi connectivity index (χ0v) is 15.0. The van der Waals surface area contributed by atoms with E-state index in [0.29, 0.717) is 5.69 Å². The number of carbonyl (C=O) groups excluding carboxylic acids is 1. The quantitative estimate of drug-likeness (QED) is 0.710. The number of carboxylic acid groups (broad SMARTS) is 1. The molecule has 138 valence electrons. The first kappa shape index (κ1) is 19.5. The normalized spacial score (nSPS) is 11.0. The molecule has 0 amide bonds. The van der Waals surface area contributed by atoms with E-state index in [1.165, 1.54) is 24.3 Å². The van der Waals surface area contributed by atoms with Gasteiger partial charge in [0, 0.05) is 6.54 Å². The lowest BCUT2D eigenvalue weighted by Gasteiger charge is -2.24. The summed E-state index contributed by atoms with van der Waals surface area (Å²) >= 11 is 0. The van der Waals surface area contributed by atoms with E-state index in [9.17, 15) is 18.0 Å². The molecule has 2 aromatic rings. The van der Waals surface area contributed by atoms with Crippen LogP contribution in [-0.2, 0) is 19.6 Å². The molecule has 0 aliphatic carbocycles. The van der Waals surface area contributed by atoms with Crippen molar-refractivity contribution in [3.05, 3.63) is 60.2 Å². The minimum atomic E-state index is -3.99. The molecule has 0 atom stereocenters. The van der Waals surface area contributed by atoms with Crippen molar-refractivity contribution >= 4 is 27.6 Å². The molecular formula is C18H19NO6S. The third-order valence-electron chi connectivity index (χ3n) is 3.53. The molecule has 0 radical (unpaired) electrons. The number of benzene rings is 2. The summed E-state index contributed by atoms with van der Waals surface area (Å²) in [6.45, 7) is 1.69. The molecule has 0 spiro atoms. The Bertz CT molecular complexity index is 862. The second-order valence-electron chi connectivity index (χ2n) is 5.30. The first-order chi connectivity index (χ1) is 12.4. The van der Waals surface area contributed by atoms with Crippen LogP contribution in [0.1, 0.15) is 23.7 Å². The highest BCUT2D eigenvalue weighted by Gasteiger charge is 2.25. The van der Waals surface area contributed by atoms with E-state index in [1.54, 1.807) is 37.3 Å². The van der Waals surface area contributed by atoms with E-state index in [0.717, 1.165) is 4.31 Å². The van der Waals surface area contributed by atoms with Gasteiger partial charge in [-0.25, -0.2) is 13.2 Å². The Labute approximate surface area is 151 Å². The lowest BCUT2D eigenvalue weighted by atomic mass is 10.2. The lowest BCUT2D eigenvalue weighted by molar-refractivity contribution is -0.136. The second-order valence-corrected chi connectivity index (χ2v) is 7.16. The van der Waals surface area contributed by atoms with E-state index in [4.69, 9.17) is 9.84 Å². The molecular weight excluding hydrogens is 358 g/mol. The SMILES string of the molecule is CCOC(=O)c1ccc(S(=O)(=O)N(CCC(=O)O)c2ccccc2)cc1. The average Bonchev–Trinajstić information content (AvgIpc) is 2.62. The van der Waals surface area contributed by atoms with Crippen LogP contribution in [0.4, 0.5) is 5.69 Å². The Morgan fingerprint density at radius 3 is 2.19 bits per heavy atom. The lowest BCUT2D eigenvalue weighted by Crippen LogP contribution is -2.33. The first-order valence-electron chi connectivity index (χ1n) is 7.93. The number of esters is 1. The van der Waals surface area contributed by atoms with Gasteiger partial charge in [0.05, 0.1) is 29.2 Å². The van der Waals surface area contributed by atoms with Gasteiger partial charge < -0.3 is 9.84 Å². The fourth-order valence-electron chi connectivity index (χ4n) is 2.28. The maximum Gasteiger partial charge on any atom is 0.338 e. The zero-order chi connectivity index (χ0) is 19.2. The minimum Gasteiger partial charge on any atom is -0.481 e. The largest absolute Gasteiger partial charge is 0.481 e. The summed E-state index contributed by atoms with van der Waals surface area (Å²) < 4.78 is 31.9. The van der Waals surface area contributed by atoms with Crippen LogP contribution in [0.5, 0.6) is 0 Å². The third-order valence-corrected chi connectivity index (χ3v) is 5.37. The summed E-state index contributed by atoms with van der Waals surface area (Å²) in [4.78, 5) is 22.6. The van der Waals surface area contributed by atoms with E-state index < -0.39 is 22.0 Å². The van der Waals surface area contributed by atoms with Crippen LogP contribution in [0.2, 0.25) is 0 Å². The van der Waals surface area contributed by atoms with Gasteiger partial charge in [-0.3, -0.25) is 9.10 Å². The van der Waals surface area contributed by atoms with Crippen molar-refractivity contribution in [2.75, 3.05) is 17.5 Å². The fraction of sp³-hybridized carbons (Fsp3) is 0.222. The number of sulfonamides is 1. The van der Waals surface area contributed by atoms with Gasteiger partial charge in [0.1, 0.15) is 0 Å². The minimum absolute atomic E-state index is 0.0419. The van der Waals surface area contributed by atoms with Gasteiger partial charge in [-0.15, -0.1) is 0 Å². The predicted molar refractivity (Wildman–Crippen MR) is 95.6 cm³/mol. The summed E-state index contributed by atoms with van der Waals surface area (Å²) in [5.74, 6) is -1.64. The summed E-state index contributed by atoms with van der Waals surface area (Å²) in [5.41, 5.74) is 0.603. The van der Waals surface area contributed by atoms with Gasteiger partial charge in [0.15, 0.2) is 0 Å². The molecule has 0 saturated heterocycles. The molecule has 0 bridgehead atoms. The number of carbonyl (C=O) groups is 2. The van der Waals surface area contributed by atoms with Crippen molar-refractivity contribution in [2.45, 2.75) is 18.2 Å². The molecule has 8 heteroatoms. The number of ether oxygens (including phenoxy) is 1. The molecule has 0 heterocycles. The van der Waals surface area contributed by atoms with Crippen LogP contribution in [0, 0.1) is 0 Å². The fourth-order valence-corrected chi connectivity index (χ4v) is 3.75. The van der Waals surface area contributed by atoms with Gasteiger partial charge in [0.2, 0.25) is 0 Å². The standard InChI is InChI=1S/C18H19NO6S/c1-2-25-18(22)14-8-10-16(11-9-14)26(23,24)19(13-12-17(20)21)15-6-4-3-5-7-15/h3-11H,2,12-13H2,1H3,(H,20,21). The van der Waals surface area contributed by atoms with Crippen LogP contribution in [-0.4, -0.2) is 38.6 Å². The van der Waals surface area contributed by atoms with Crippen LogP contribution in [0.3, 0.4) is 0 Å². The molecule has 0 unspecified atom stereocenters. The molecule has 1 N–H and O–H groups in total. The number of carboxylic acids is 1. The number of nitrogens with zero attached hydrogens (tertiary/aromatic N) is 1. The predicted octanol–water partition coefficient (Wildman–Crippen LogP) is 2.53. The number of rotatable bonds is 8. The van der Waals surface area contributed by atoms with Gasteiger partial charge in [0.25, 0.3) is 10.0 Å². The average molecular weight is 377 g/mol. The Morgan fingerprint density at radius 2 is 1.65 bits per heavy atom. The Morgan fingerprint density at radius 1 is 1.04 bits per heavy atom. The number of aliphatic carboxylic acids is 1.